The van der Waals surface area contributed by atoms with E-state index in [2.05, 4.69) is 34.1 Å². The highest BCUT2D eigenvalue weighted by Gasteiger charge is 2.26. The van der Waals surface area contributed by atoms with E-state index in [0.717, 1.165) is 66.3 Å². The molecule has 3 N–H and O–H groups in total. The quantitative estimate of drug-likeness (QED) is 0.647. The first-order chi connectivity index (χ1) is 13.2. The van der Waals surface area contributed by atoms with Crippen molar-refractivity contribution >= 4 is 16.6 Å². The maximum atomic E-state index is 10.9. The Morgan fingerprint density at radius 2 is 1.81 bits per heavy atom. The van der Waals surface area contributed by atoms with Gasteiger partial charge in [-0.2, -0.15) is 0 Å². The van der Waals surface area contributed by atoms with E-state index in [1.807, 2.05) is 31.2 Å². The molecular weight excluding hydrogens is 338 g/mol. The minimum atomic E-state index is -0.450. The van der Waals surface area contributed by atoms with Crippen LogP contribution in [0.5, 0.6) is 5.75 Å². The fourth-order valence-corrected chi connectivity index (χ4v) is 4.26. The van der Waals surface area contributed by atoms with E-state index in [1.54, 1.807) is 7.11 Å². The van der Waals surface area contributed by atoms with Crippen LogP contribution in [0.25, 0.3) is 10.9 Å². The van der Waals surface area contributed by atoms with Crippen molar-refractivity contribution in [1.82, 2.24) is 4.98 Å². The van der Waals surface area contributed by atoms with Crippen molar-refractivity contribution in [2.75, 3.05) is 44.7 Å². The van der Waals surface area contributed by atoms with E-state index in [4.69, 9.17) is 4.74 Å². The molecule has 0 aliphatic carbocycles. The monoisotopic (exact) mass is 366 g/mol. The molecule has 1 aliphatic heterocycles. The zero-order valence-corrected chi connectivity index (χ0v) is 16.0. The van der Waals surface area contributed by atoms with Gasteiger partial charge < -0.3 is 24.6 Å². The minimum absolute atomic E-state index is 0.450. The van der Waals surface area contributed by atoms with Crippen LogP contribution in [0.3, 0.4) is 0 Å². The van der Waals surface area contributed by atoms with Crippen LogP contribution in [0.2, 0.25) is 0 Å². The zero-order valence-electron chi connectivity index (χ0n) is 16.0. The predicted molar refractivity (Wildman–Crippen MR) is 109 cm³/mol. The summed E-state index contributed by atoms with van der Waals surface area (Å²) in [5.41, 5.74) is 4.37. The number of nitrogens with zero attached hydrogens (tertiary/aromatic N) is 1. The molecule has 0 radical (unpaired) electrons. The van der Waals surface area contributed by atoms with Crippen molar-refractivity contribution in [3.05, 3.63) is 59.8 Å². The number of piperazine rings is 1. The third kappa shape index (κ3) is 3.53. The van der Waals surface area contributed by atoms with E-state index in [-0.39, 0.29) is 0 Å². The second-order valence-electron chi connectivity index (χ2n) is 7.34. The summed E-state index contributed by atoms with van der Waals surface area (Å²) in [6.45, 7) is 6.74. The first-order valence-corrected chi connectivity index (χ1v) is 9.64. The molecule has 2 aromatic carbocycles. The standard InChI is InChI=1S/C22H27N3O2/c1-16-22(17-7-3-4-8-18(17)23-16)20(26)15-24-11-13-25(14-12-24)19-9-5-6-10-21(19)27-2/h3-10,20,23,26H,11-15H2,1-2H3/p+1/t20-/m0/s1. The molecule has 5 heteroatoms. The van der Waals surface area contributed by atoms with Gasteiger partial charge in [-0.15, -0.1) is 0 Å². The molecule has 0 spiro atoms. The van der Waals surface area contributed by atoms with Gasteiger partial charge in [-0.05, 0) is 25.1 Å². The first-order valence-electron chi connectivity index (χ1n) is 9.64. The summed E-state index contributed by atoms with van der Waals surface area (Å²) in [5.74, 6) is 0.926. The van der Waals surface area contributed by atoms with Crippen LogP contribution in [0.15, 0.2) is 48.5 Å². The van der Waals surface area contributed by atoms with Crippen LogP contribution >= 0.6 is 0 Å². The summed E-state index contributed by atoms with van der Waals surface area (Å²) >= 11 is 0. The Morgan fingerprint density at radius 3 is 2.59 bits per heavy atom. The Kier molecular flexibility index (Phi) is 5.05. The molecule has 1 fully saturated rings. The number of anilines is 1. The number of aromatic nitrogens is 1. The molecule has 4 rings (SSSR count). The average molecular weight is 366 g/mol. The summed E-state index contributed by atoms with van der Waals surface area (Å²) in [5, 5.41) is 12.1. The van der Waals surface area contributed by atoms with Crippen LogP contribution in [-0.4, -0.2) is 49.9 Å². The molecule has 27 heavy (non-hydrogen) atoms. The lowest BCUT2D eigenvalue weighted by Crippen LogP contribution is -3.15. The van der Waals surface area contributed by atoms with Crippen molar-refractivity contribution in [3.63, 3.8) is 0 Å². The number of aryl methyl sites for hydroxylation is 1. The van der Waals surface area contributed by atoms with Crippen molar-refractivity contribution in [2.24, 2.45) is 0 Å². The van der Waals surface area contributed by atoms with E-state index >= 15 is 0 Å². The summed E-state index contributed by atoms with van der Waals surface area (Å²) in [7, 11) is 1.72. The number of aliphatic hydroxyl groups is 1. The molecule has 142 valence electrons. The number of para-hydroxylation sites is 3. The maximum Gasteiger partial charge on any atom is 0.142 e. The van der Waals surface area contributed by atoms with Crippen LogP contribution in [0.1, 0.15) is 17.4 Å². The summed E-state index contributed by atoms with van der Waals surface area (Å²) < 4.78 is 5.50. The highest BCUT2D eigenvalue weighted by molar-refractivity contribution is 5.84. The van der Waals surface area contributed by atoms with Gasteiger partial charge in [0.2, 0.25) is 0 Å². The number of rotatable bonds is 5. The van der Waals surface area contributed by atoms with E-state index in [0.29, 0.717) is 0 Å². The Bertz CT molecular complexity index is 913. The zero-order chi connectivity index (χ0) is 18.8. The second kappa shape index (κ2) is 7.62. The van der Waals surface area contributed by atoms with Gasteiger partial charge in [0.1, 0.15) is 18.4 Å². The van der Waals surface area contributed by atoms with Gasteiger partial charge in [0.25, 0.3) is 0 Å². The number of methoxy groups -OCH3 is 1. The highest BCUT2D eigenvalue weighted by atomic mass is 16.5. The van der Waals surface area contributed by atoms with Gasteiger partial charge in [0, 0.05) is 22.2 Å². The molecule has 1 atom stereocenters. The van der Waals surface area contributed by atoms with Crippen molar-refractivity contribution < 1.29 is 14.7 Å². The molecule has 0 amide bonds. The van der Waals surface area contributed by atoms with Crippen LogP contribution in [0.4, 0.5) is 5.69 Å². The van der Waals surface area contributed by atoms with Gasteiger partial charge in [0.05, 0.1) is 39.0 Å². The largest absolute Gasteiger partial charge is 0.495 e. The number of aromatic amines is 1. The Morgan fingerprint density at radius 1 is 1.11 bits per heavy atom. The van der Waals surface area contributed by atoms with Crippen molar-refractivity contribution in [3.8, 4) is 5.75 Å². The molecule has 0 saturated carbocycles. The van der Waals surface area contributed by atoms with E-state index < -0.39 is 6.10 Å². The molecular formula is C22H28N3O2+. The van der Waals surface area contributed by atoms with Crippen molar-refractivity contribution in [1.29, 1.82) is 0 Å². The van der Waals surface area contributed by atoms with Crippen LogP contribution in [0, 0.1) is 6.92 Å². The molecule has 2 heterocycles. The van der Waals surface area contributed by atoms with Crippen molar-refractivity contribution in [2.45, 2.75) is 13.0 Å². The number of hydrogen-bond donors (Lipinski definition) is 3. The second-order valence-corrected chi connectivity index (χ2v) is 7.34. The van der Waals surface area contributed by atoms with Crippen LogP contribution < -0.4 is 14.5 Å². The SMILES string of the molecule is COc1ccccc1N1CC[NH+](C[C@H](O)c2c(C)[nH]c3ccccc23)CC1. The smallest absolute Gasteiger partial charge is 0.142 e. The van der Waals surface area contributed by atoms with E-state index in [1.165, 1.54) is 4.90 Å². The van der Waals surface area contributed by atoms with Gasteiger partial charge in [-0.1, -0.05) is 30.3 Å². The van der Waals surface area contributed by atoms with Crippen LogP contribution in [-0.2, 0) is 0 Å². The Labute approximate surface area is 160 Å². The van der Waals surface area contributed by atoms with Gasteiger partial charge in [-0.3, -0.25) is 0 Å². The fourth-order valence-electron chi connectivity index (χ4n) is 4.26. The third-order valence-electron chi connectivity index (χ3n) is 5.66. The lowest BCUT2D eigenvalue weighted by molar-refractivity contribution is -0.904. The molecule has 5 nitrogen and oxygen atoms in total. The third-order valence-corrected chi connectivity index (χ3v) is 5.66. The number of benzene rings is 2. The minimum Gasteiger partial charge on any atom is -0.495 e. The van der Waals surface area contributed by atoms with E-state index in [9.17, 15) is 5.11 Å². The first kappa shape index (κ1) is 17.9. The number of ether oxygens (including phenoxy) is 1. The lowest BCUT2D eigenvalue weighted by atomic mass is 10.0. The van der Waals surface area contributed by atoms with Gasteiger partial charge in [-0.25, -0.2) is 0 Å². The molecule has 1 aromatic heterocycles. The molecule has 1 aliphatic rings. The lowest BCUT2D eigenvalue weighted by Gasteiger charge is -2.35. The molecule has 0 unspecified atom stereocenters. The molecule has 0 bridgehead atoms. The van der Waals surface area contributed by atoms with Gasteiger partial charge in [0.15, 0.2) is 0 Å². The molecule has 1 saturated heterocycles. The number of quaternary nitrogens is 1. The Hall–Kier alpha value is -2.50. The normalized spacial score (nSPS) is 16.6. The predicted octanol–water partition coefficient (Wildman–Crippen LogP) is 1.92. The number of hydrogen-bond acceptors (Lipinski definition) is 3. The Balaban J connectivity index is 1.42. The maximum absolute atomic E-state index is 10.9. The van der Waals surface area contributed by atoms with Gasteiger partial charge >= 0.3 is 0 Å². The topological polar surface area (TPSA) is 52.9 Å². The fraction of sp³-hybridized carbons (Fsp3) is 0.364. The number of H-pyrrole nitrogens is 1. The number of nitrogens with one attached hydrogen (secondary N) is 2. The highest BCUT2D eigenvalue weighted by Crippen LogP contribution is 2.28. The summed E-state index contributed by atoms with van der Waals surface area (Å²) in [6, 6.07) is 16.4. The molecule has 3 aromatic rings. The number of aliphatic hydroxyl groups excluding tert-OH is 1. The number of fused-ring (bicyclic) bond motifs is 1. The average Bonchev–Trinajstić information content (AvgIpc) is 3.04. The summed E-state index contributed by atoms with van der Waals surface area (Å²) in [6.07, 6.45) is -0.450. The summed E-state index contributed by atoms with van der Waals surface area (Å²) in [4.78, 5) is 7.22.